The van der Waals surface area contributed by atoms with Crippen molar-refractivity contribution in [1.29, 1.82) is 0 Å². The van der Waals surface area contributed by atoms with Gasteiger partial charge in [-0.15, -0.1) is 0 Å². The van der Waals surface area contributed by atoms with Crippen LogP contribution in [-0.4, -0.2) is 29.1 Å². The highest BCUT2D eigenvalue weighted by atomic mass is 32.2. The molecule has 0 spiro atoms. The fourth-order valence-electron chi connectivity index (χ4n) is 3.38. The van der Waals surface area contributed by atoms with Gasteiger partial charge in [0.2, 0.25) is 15.9 Å². The Hall–Kier alpha value is -2.88. The van der Waals surface area contributed by atoms with E-state index in [-0.39, 0.29) is 10.8 Å². The summed E-state index contributed by atoms with van der Waals surface area (Å²) in [6.45, 7) is 4.42. The van der Waals surface area contributed by atoms with Gasteiger partial charge < -0.3 is 9.88 Å². The minimum Gasteiger partial charge on any atom is -0.325 e. The van der Waals surface area contributed by atoms with Crippen LogP contribution in [-0.2, 0) is 21.4 Å². The number of carbonyl (C=O) groups excluding carboxylic acids is 1. The van der Waals surface area contributed by atoms with Gasteiger partial charge in [-0.05, 0) is 55.0 Å². The first kappa shape index (κ1) is 21.4. The number of imidazole rings is 1. The second-order valence-electron chi connectivity index (χ2n) is 7.15. The van der Waals surface area contributed by atoms with Crippen molar-refractivity contribution in [3.8, 4) is 0 Å². The second-order valence-corrected chi connectivity index (χ2v) is 10.0. The van der Waals surface area contributed by atoms with Gasteiger partial charge in [0, 0.05) is 12.2 Å². The fraction of sp³-hybridized carbons (Fsp3) is 0.182. The largest absolute Gasteiger partial charge is 0.325 e. The Bertz CT molecular complexity index is 1400. The topological polar surface area (TPSA) is 107 Å². The molecule has 0 aliphatic carbocycles. The molecule has 160 valence electrons. The van der Waals surface area contributed by atoms with Crippen molar-refractivity contribution in [3.63, 3.8) is 0 Å². The molecular formula is C22H22N4O3S2. The first-order chi connectivity index (χ1) is 14.8. The molecular weight excluding hydrogens is 432 g/mol. The van der Waals surface area contributed by atoms with Gasteiger partial charge in [-0.25, -0.2) is 18.5 Å². The lowest BCUT2D eigenvalue weighted by Crippen LogP contribution is -2.22. The number of hydrogen-bond donors (Lipinski definition) is 2. The van der Waals surface area contributed by atoms with Gasteiger partial charge in [0.25, 0.3) is 0 Å². The number of nitrogens with two attached hydrogens (primary N) is 1. The van der Waals surface area contributed by atoms with Gasteiger partial charge in [-0.2, -0.15) is 0 Å². The molecule has 4 aromatic rings. The van der Waals surface area contributed by atoms with Crippen LogP contribution >= 0.6 is 11.8 Å². The van der Waals surface area contributed by atoms with Crippen LogP contribution in [0.5, 0.6) is 0 Å². The third-order valence-electron chi connectivity index (χ3n) is 5.00. The number of carbonyl (C=O) groups is 1. The Morgan fingerprint density at radius 2 is 1.87 bits per heavy atom. The van der Waals surface area contributed by atoms with E-state index in [1.165, 1.54) is 23.9 Å². The molecule has 0 saturated carbocycles. The van der Waals surface area contributed by atoms with E-state index in [1.807, 2.05) is 60.9 Å². The van der Waals surface area contributed by atoms with E-state index in [9.17, 15) is 13.2 Å². The van der Waals surface area contributed by atoms with Crippen LogP contribution in [0.15, 0.2) is 70.7 Å². The van der Waals surface area contributed by atoms with E-state index in [0.717, 1.165) is 22.0 Å². The first-order valence-electron chi connectivity index (χ1n) is 9.75. The van der Waals surface area contributed by atoms with Crippen molar-refractivity contribution < 1.29 is 13.2 Å². The summed E-state index contributed by atoms with van der Waals surface area (Å²) < 4.78 is 25.2. The fourth-order valence-corrected chi connectivity index (χ4v) is 4.90. The number of fused-ring (bicyclic) bond motifs is 2. The van der Waals surface area contributed by atoms with Crippen LogP contribution in [0.2, 0.25) is 0 Å². The molecule has 0 aliphatic heterocycles. The van der Waals surface area contributed by atoms with Crippen molar-refractivity contribution >= 4 is 55.2 Å². The van der Waals surface area contributed by atoms with Gasteiger partial charge in [-0.3, -0.25) is 4.79 Å². The number of nitrogens with one attached hydrogen (secondary N) is 1. The number of sulfonamides is 1. The van der Waals surface area contributed by atoms with Crippen LogP contribution in [0.4, 0.5) is 5.69 Å². The van der Waals surface area contributed by atoms with Gasteiger partial charge in [-0.1, -0.05) is 42.1 Å². The molecule has 1 amide bonds. The molecule has 0 bridgehead atoms. The van der Waals surface area contributed by atoms with Crippen LogP contribution in [0.25, 0.3) is 21.8 Å². The molecule has 7 nitrogen and oxygen atoms in total. The van der Waals surface area contributed by atoms with E-state index in [1.54, 1.807) is 6.07 Å². The summed E-state index contributed by atoms with van der Waals surface area (Å²) in [6, 6.07) is 18.4. The summed E-state index contributed by atoms with van der Waals surface area (Å²) in [5.41, 5.74) is 2.05. The Morgan fingerprint density at radius 1 is 1.13 bits per heavy atom. The quantitative estimate of drug-likeness (QED) is 0.429. The van der Waals surface area contributed by atoms with Crippen molar-refractivity contribution in [2.24, 2.45) is 5.14 Å². The smallest absolute Gasteiger partial charge is 0.238 e. The molecule has 3 N–H and O–H groups in total. The highest BCUT2D eigenvalue weighted by molar-refractivity contribution is 8.00. The minimum atomic E-state index is -3.81. The SMILES string of the molecule is CCn1c(SC(C)C(=O)Nc2ccc3ccccc3c2)nc2cc(S(N)(=O)=O)ccc21. The van der Waals surface area contributed by atoms with Gasteiger partial charge in [0.15, 0.2) is 5.16 Å². The number of aromatic nitrogens is 2. The number of rotatable bonds is 6. The predicted molar refractivity (Wildman–Crippen MR) is 125 cm³/mol. The zero-order valence-electron chi connectivity index (χ0n) is 17.1. The molecule has 1 atom stereocenters. The summed E-state index contributed by atoms with van der Waals surface area (Å²) in [5.74, 6) is -0.139. The number of hydrogen-bond acceptors (Lipinski definition) is 5. The average molecular weight is 455 g/mol. The second kappa shape index (κ2) is 8.33. The monoisotopic (exact) mass is 454 g/mol. The summed E-state index contributed by atoms with van der Waals surface area (Å²) in [5, 5.41) is 10.6. The molecule has 0 aliphatic rings. The van der Waals surface area contributed by atoms with E-state index >= 15 is 0 Å². The summed E-state index contributed by atoms with van der Waals surface area (Å²) in [6.07, 6.45) is 0. The number of benzene rings is 3. The number of primary sulfonamides is 1. The zero-order chi connectivity index (χ0) is 22.2. The molecule has 3 aromatic carbocycles. The number of aryl methyl sites for hydroxylation is 1. The molecule has 1 unspecified atom stereocenters. The molecule has 31 heavy (non-hydrogen) atoms. The number of amides is 1. The van der Waals surface area contributed by atoms with Crippen molar-refractivity contribution in [2.75, 3.05) is 5.32 Å². The summed E-state index contributed by atoms with van der Waals surface area (Å²) in [7, 11) is -3.81. The van der Waals surface area contributed by atoms with Crippen molar-refractivity contribution in [1.82, 2.24) is 9.55 Å². The zero-order valence-corrected chi connectivity index (χ0v) is 18.7. The lowest BCUT2D eigenvalue weighted by Gasteiger charge is -2.13. The Morgan fingerprint density at radius 3 is 2.58 bits per heavy atom. The molecule has 0 fully saturated rings. The lowest BCUT2D eigenvalue weighted by atomic mass is 10.1. The van der Waals surface area contributed by atoms with E-state index in [4.69, 9.17) is 5.14 Å². The number of thioether (sulfide) groups is 1. The van der Waals surface area contributed by atoms with Crippen LogP contribution in [0.1, 0.15) is 13.8 Å². The van der Waals surface area contributed by atoms with Crippen LogP contribution < -0.4 is 10.5 Å². The van der Waals surface area contributed by atoms with E-state index in [0.29, 0.717) is 17.2 Å². The van der Waals surface area contributed by atoms with Gasteiger partial charge >= 0.3 is 0 Å². The third kappa shape index (κ3) is 4.43. The maximum Gasteiger partial charge on any atom is 0.238 e. The summed E-state index contributed by atoms with van der Waals surface area (Å²) in [4.78, 5) is 17.4. The van der Waals surface area contributed by atoms with Crippen LogP contribution in [0, 0.1) is 0 Å². The maximum atomic E-state index is 12.8. The van der Waals surface area contributed by atoms with Crippen molar-refractivity contribution in [3.05, 3.63) is 60.7 Å². The number of anilines is 1. The van der Waals surface area contributed by atoms with E-state index < -0.39 is 15.3 Å². The number of nitrogens with zero attached hydrogens (tertiary/aromatic N) is 2. The Kier molecular flexibility index (Phi) is 5.74. The Balaban J connectivity index is 1.56. The molecule has 1 heterocycles. The van der Waals surface area contributed by atoms with Crippen LogP contribution in [0.3, 0.4) is 0 Å². The first-order valence-corrected chi connectivity index (χ1v) is 12.2. The normalized spacial score (nSPS) is 12.9. The van der Waals surface area contributed by atoms with Gasteiger partial charge in [0.05, 0.1) is 21.2 Å². The van der Waals surface area contributed by atoms with Crippen molar-refractivity contribution in [2.45, 2.75) is 35.7 Å². The summed E-state index contributed by atoms with van der Waals surface area (Å²) >= 11 is 1.32. The highest BCUT2D eigenvalue weighted by Crippen LogP contribution is 2.29. The molecule has 0 radical (unpaired) electrons. The van der Waals surface area contributed by atoms with E-state index in [2.05, 4.69) is 10.3 Å². The predicted octanol–water partition coefficient (Wildman–Crippen LogP) is 3.98. The highest BCUT2D eigenvalue weighted by Gasteiger charge is 2.20. The minimum absolute atomic E-state index is 0.0133. The molecule has 0 saturated heterocycles. The Labute approximate surface area is 184 Å². The lowest BCUT2D eigenvalue weighted by molar-refractivity contribution is -0.115. The third-order valence-corrected chi connectivity index (χ3v) is 7.00. The molecule has 9 heteroatoms. The molecule has 1 aromatic heterocycles. The average Bonchev–Trinajstić information content (AvgIpc) is 3.09. The maximum absolute atomic E-state index is 12.8. The molecule has 4 rings (SSSR count). The standard InChI is InChI=1S/C22H22N4O3S2/c1-3-26-20-11-10-18(31(23,28)29)13-19(20)25-22(26)30-14(2)21(27)24-17-9-8-15-6-4-5-7-16(15)12-17/h4-14H,3H2,1-2H3,(H,24,27)(H2,23,28,29). The van der Waals surface area contributed by atoms with Gasteiger partial charge in [0.1, 0.15) is 0 Å².